The first-order valence-electron chi connectivity index (χ1n) is 5.51. The smallest absolute Gasteiger partial charge is 0.370 e. The molecular weight excluding hydrogens is 290 g/mol. The number of hydrogen-bond donors (Lipinski definition) is 1. The normalized spacial score (nSPS) is 12.4. The number of nitrogens with one attached hydrogen (secondary N) is 1. The molecule has 114 valence electrons. The van der Waals surface area contributed by atoms with Crippen LogP contribution in [0.1, 0.15) is 12.7 Å². The summed E-state index contributed by atoms with van der Waals surface area (Å²) >= 11 is 0. The molecule has 0 unspecified atom stereocenters. The third kappa shape index (κ3) is 4.74. The lowest BCUT2D eigenvalue weighted by Gasteiger charge is -2.21. The lowest BCUT2D eigenvalue weighted by atomic mass is 10.4. The second kappa shape index (κ2) is 5.71. The van der Waals surface area contributed by atoms with Gasteiger partial charge in [-0.1, -0.05) is 0 Å². The van der Waals surface area contributed by atoms with Gasteiger partial charge in [-0.15, -0.1) is 0 Å². The summed E-state index contributed by atoms with van der Waals surface area (Å²) in [6, 6.07) is 1.03. The fraction of sp³-hybridized carbons (Fsp3) is 0.600. The Kier molecular flexibility index (Phi) is 4.66. The molecule has 0 aliphatic heterocycles. The molecule has 0 atom stereocenters. The van der Waals surface area contributed by atoms with Gasteiger partial charge in [0.05, 0.1) is 0 Å². The van der Waals surface area contributed by atoms with Crippen LogP contribution >= 0.6 is 0 Å². The number of rotatable bonds is 4. The van der Waals surface area contributed by atoms with Crippen molar-refractivity contribution in [1.82, 2.24) is 9.97 Å². The molecule has 1 rings (SSSR count). The monoisotopic (exact) mass is 302 g/mol. The van der Waals surface area contributed by atoms with Crippen molar-refractivity contribution < 1.29 is 26.3 Å². The molecule has 10 heteroatoms. The molecule has 0 radical (unpaired) electrons. The maximum atomic E-state index is 12.6. The Labute approximate surface area is 110 Å². The molecule has 1 heterocycles. The Hall–Kier alpha value is -1.74. The minimum atomic E-state index is -4.83. The first-order chi connectivity index (χ1) is 9.03. The van der Waals surface area contributed by atoms with Crippen LogP contribution in [0.2, 0.25) is 0 Å². The Morgan fingerprint density at radius 2 is 1.75 bits per heavy atom. The summed E-state index contributed by atoms with van der Waals surface area (Å²) in [5.41, 5.74) is 0. The number of anilines is 2. The summed E-state index contributed by atoms with van der Waals surface area (Å²) < 4.78 is 74.5. The largest absolute Gasteiger partial charge is 0.451 e. The third-order valence-corrected chi connectivity index (χ3v) is 2.13. The van der Waals surface area contributed by atoms with Crippen molar-refractivity contribution in [3.05, 3.63) is 11.9 Å². The van der Waals surface area contributed by atoms with Crippen LogP contribution in [0.5, 0.6) is 0 Å². The SMILES string of the molecule is CCNc1cc(N(C)CC(F)(F)F)nc(C(F)(F)F)n1. The van der Waals surface area contributed by atoms with Crippen molar-refractivity contribution in [2.45, 2.75) is 19.3 Å². The average Bonchev–Trinajstić information content (AvgIpc) is 2.25. The maximum absolute atomic E-state index is 12.6. The molecule has 4 nitrogen and oxygen atoms in total. The minimum Gasteiger partial charge on any atom is -0.370 e. The predicted molar refractivity (Wildman–Crippen MR) is 60.5 cm³/mol. The van der Waals surface area contributed by atoms with Crippen LogP contribution in [0.25, 0.3) is 0 Å². The first kappa shape index (κ1) is 16.3. The molecule has 0 bridgehead atoms. The van der Waals surface area contributed by atoms with Gasteiger partial charge in [-0.05, 0) is 6.92 Å². The van der Waals surface area contributed by atoms with Gasteiger partial charge in [-0.25, -0.2) is 9.97 Å². The Balaban J connectivity index is 3.15. The van der Waals surface area contributed by atoms with Crippen molar-refractivity contribution >= 4 is 11.6 Å². The number of alkyl halides is 6. The van der Waals surface area contributed by atoms with E-state index in [1.54, 1.807) is 6.92 Å². The Morgan fingerprint density at radius 3 is 2.20 bits per heavy atom. The van der Waals surface area contributed by atoms with Gasteiger partial charge < -0.3 is 10.2 Å². The van der Waals surface area contributed by atoms with Crippen LogP contribution in [0.3, 0.4) is 0 Å². The van der Waals surface area contributed by atoms with Crippen LogP contribution < -0.4 is 10.2 Å². The quantitative estimate of drug-likeness (QED) is 0.868. The van der Waals surface area contributed by atoms with Gasteiger partial charge in [-0.3, -0.25) is 0 Å². The molecule has 0 saturated carbocycles. The van der Waals surface area contributed by atoms with Gasteiger partial charge in [0, 0.05) is 19.7 Å². The van der Waals surface area contributed by atoms with Crippen LogP contribution in [0.15, 0.2) is 6.07 Å². The summed E-state index contributed by atoms with van der Waals surface area (Å²) in [4.78, 5) is 6.92. The Morgan fingerprint density at radius 1 is 1.15 bits per heavy atom. The highest BCUT2D eigenvalue weighted by molar-refractivity contribution is 5.49. The molecule has 1 aromatic heterocycles. The van der Waals surface area contributed by atoms with E-state index < -0.39 is 30.5 Å². The molecular formula is C10H12F6N4. The van der Waals surface area contributed by atoms with Crippen molar-refractivity contribution in [1.29, 1.82) is 0 Å². The highest BCUT2D eigenvalue weighted by atomic mass is 19.4. The summed E-state index contributed by atoms with van der Waals surface area (Å²) in [6.07, 6.45) is -9.38. The minimum absolute atomic E-state index is 0.182. The molecule has 1 aromatic rings. The van der Waals surface area contributed by atoms with E-state index in [9.17, 15) is 26.3 Å². The molecule has 1 N–H and O–H groups in total. The molecule has 0 amide bonds. The van der Waals surface area contributed by atoms with Gasteiger partial charge >= 0.3 is 12.4 Å². The van der Waals surface area contributed by atoms with E-state index in [4.69, 9.17) is 0 Å². The van der Waals surface area contributed by atoms with Crippen LogP contribution in [-0.2, 0) is 6.18 Å². The zero-order valence-electron chi connectivity index (χ0n) is 10.6. The topological polar surface area (TPSA) is 41.0 Å². The highest BCUT2D eigenvalue weighted by Gasteiger charge is 2.36. The highest BCUT2D eigenvalue weighted by Crippen LogP contribution is 2.29. The number of nitrogens with zero attached hydrogens (tertiary/aromatic N) is 3. The molecule has 20 heavy (non-hydrogen) atoms. The fourth-order valence-corrected chi connectivity index (χ4v) is 1.38. The van der Waals surface area contributed by atoms with Gasteiger partial charge in [0.2, 0.25) is 5.82 Å². The van der Waals surface area contributed by atoms with E-state index in [-0.39, 0.29) is 12.4 Å². The number of aromatic nitrogens is 2. The Bertz CT molecular complexity index is 456. The van der Waals surface area contributed by atoms with Crippen molar-refractivity contribution in [3.63, 3.8) is 0 Å². The predicted octanol–water partition coefficient (Wildman–Crippen LogP) is 2.93. The van der Waals surface area contributed by atoms with Gasteiger partial charge in [-0.2, -0.15) is 26.3 Å². The summed E-state index contributed by atoms with van der Waals surface area (Å²) in [5, 5.41) is 2.52. The molecule has 0 spiro atoms. The molecule has 0 aromatic carbocycles. The molecule has 0 aliphatic rings. The molecule has 0 aliphatic carbocycles. The van der Waals surface area contributed by atoms with Crippen LogP contribution in [0, 0.1) is 0 Å². The summed E-state index contributed by atoms with van der Waals surface area (Å²) in [6.45, 7) is 0.484. The van der Waals surface area contributed by atoms with E-state index in [0.717, 1.165) is 13.1 Å². The van der Waals surface area contributed by atoms with Gasteiger partial charge in [0.15, 0.2) is 0 Å². The first-order valence-corrected chi connectivity index (χ1v) is 5.51. The average molecular weight is 302 g/mol. The van der Waals surface area contributed by atoms with Gasteiger partial charge in [0.1, 0.15) is 18.2 Å². The van der Waals surface area contributed by atoms with E-state index in [1.165, 1.54) is 0 Å². The maximum Gasteiger partial charge on any atom is 0.451 e. The van der Waals surface area contributed by atoms with Crippen molar-refractivity contribution in [2.75, 3.05) is 30.4 Å². The zero-order chi connectivity index (χ0) is 15.6. The third-order valence-electron chi connectivity index (χ3n) is 2.13. The molecule has 0 saturated heterocycles. The van der Waals surface area contributed by atoms with E-state index in [1.807, 2.05) is 0 Å². The number of hydrogen-bond acceptors (Lipinski definition) is 4. The summed E-state index contributed by atoms with van der Waals surface area (Å²) in [7, 11) is 1.01. The molecule has 0 fully saturated rings. The van der Waals surface area contributed by atoms with E-state index >= 15 is 0 Å². The van der Waals surface area contributed by atoms with Crippen molar-refractivity contribution in [3.8, 4) is 0 Å². The van der Waals surface area contributed by atoms with Crippen molar-refractivity contribution in [2.24, 2.45) is 0 Å². The fourth-order valence-electron chi connectivity index (χ4n) is 1.38. The standard InChI is InChI=1S/C10H12F6N4/c1-3-17-6-4-7(20(2)5-9(11,12)13)19-8(18-6)10(14,15)16/h4H,3,5H2,1-2H3,(H,17,18,19). The van der Waals surface area contributed by atoms with Gasteiger partial charge in [0.25, 0.3) is 0 Å². The summed E-state index contributed by atoms with van der Waals surface area (Å²) in [5.74, 6) is -2.13. The number of halogens is 6. The lowest BCUT2D eigenvalue weighted by molar-refractivity contribution is -0.144. The van der Waals surface area contributed by atoms with E-state index in [0.29, 0.717) is 4.90 Å². The zero-order valence-corrected chi connectivity index (χ0v) is 10.6. The second-order valence-electron chi connectivity index (χ2n) is 3.93. The second-order valence-corrected chi connectivity index (χ2v) is 3.93. The van der Waals surface area contributed by atoms with E-state index in [2.05, 4.69) is 15.3 Å². The van der Waals surface area contributed by atoms with Crippen LogP contribution in [-0.4, -0.2) is 36.3 Å². The lowest BCUT2D eigenvalue weighted by Crippen LogP contribution is -2.32. The van der Waals surface area contributed by atoms with Crippen LogP contribution in [0.4, 0.5) is 38.0 Å².